The van der Waals surface area contributed by atoms with Crippen LogP contribution in [0.2, 0.25) is 0 Å². The monoisotopic (exact) mass is 265 g/mol. The maximum atomic E-state index is 11.3. The first-order chi connectivity index (χ1) is 8.96. The molecule has 0 spiro atoms. The van der Waals surface area contributed by atoms with Gasteiger partial charge in [0.15, 0.2) is 0 Å². The summed E-state index contributed by atoms with van der Waals surface area (Å²) < 4.78 is 10.7. The van der Waals surface area contributed by atoms with E-state index in [1.165, 1.54) is 0 Å². The standard InChI is InChI=1S/C14H19NO4/c1-9-14(2,6-7-19-9)15-12-8-10(18-3)4-5-11(12)13(16)17/h4-5,8-9,15H,6-7H2,1-3H3,(H,16,17). The van der Waals surface area contributed by atoms with Gasteiger partial charge in [0.1, 0.15) is 5.75 Å². The summed E-state index contributed by atoms with van der Waals surface area (Å²) in [5, 5.41) is 12.5. The predicted octanol–water partition coefficient (Wildman–Crippen LogP) is 2.37. The van der Waals surface area contributed by atoms with Crippen molar-refractivity contribution >= 4 is 11.7 Å². The van der Waals surface area contributed by atoms with Crippen molar-refractivity contribution in [3.05, 3.63) is 23.8 Å². The molecular weight excluding hydrogens is 246 g/mol. The number of hydrogen-bond donors (Lipinski definition) is 2. The number of carboxylic acid groups (broad SMARTS) is 1. The maximum absolute atomic E-state index is 11.3. The summed E-state index contributed by atoms with van der Waals surface area (Å²) in [6.07, 6.45) is 0.866. The number of aromatic carboxylic acids is 1. The van der Waals surface area contributed by atoms with Crippen molar-refractivity contribution < 1.29 is 19.4 Å². The molecule has 1 aliphatic rings. The summed E-state index contributed by atoms with van der Waals surface area (Å²) >= 11 is 0. The smallest absolute Gasteiger partial charge is 0.337 e. The third-order valence-electron chi connectivity index (χ3n) is 3.76. The molecule has 2 N–H and O–H groups in total. The van der Waals surface area contributed by atoms with Crippen LogP contribution in [0.25, 0.3) is 0 Å². The summed E-state index contributed by atoms with van der Waals surface area (Å²) in [5.74, 6) is -0.331. The van der Waals surface area contributed by atoms with Crippen LogP contribution in [-0.2, 0) is 4.74 Å². The number of anilines is 1. The van der Waals surface area contributed by atoms with Crippen LogP contribution in [0.15, 0.2) is 18.2 Å². The summed E-state index contributed by atoms with van der Waals surface area (Å²) in [7, 11) is 1.56. The SMILES string of the molecule is COc1ccc(C(=O)O)c(NC2(C)CCOC2C)c1. The number of methoxy groups -OCH3 is 1. The molecule has 1 fully saturated rings. The van der Waals surface area contributed by atoms with Gasteiger partial charge in [-0.3, -0.25) is 0 Å². The Kier molecular flexibility index (Phi) is 3.66. The predicted molar refractivity (Wildman–Crippen MR) is 72.0 cm³/mol. The molecule has 1 aliphatic heterocycles. The molecule has 0 aromatic heterocycles. The third-order valence-corrected chi connectivity index (χ3v) is 3.76. The second kappa shape index (κ2) is 5.09. The zero-order valence-corrected chi connectivity index (χ0v) is 11.4. The number of rotatable bonds is 4. The third kappa shape index (κ3) is 2.66. The van der Waals surface area contributed by atoms with Crippen LogP contribution >= 0.6 is 0 Å². The fourth-order valence-electron chi connectivity index (χ4n) is 2.25. The fourth-order valence-corrected chi connectivity index (χ4v) is 2.25. The number of ether oxygens (including phenoxy) is 2. The average Bonchev–Trinajstić information content (AvgIpc) is 2.68. The highest BCUT2D eigenvalue weighted by atomic mass is 16.5. The molecule has 0 radical (unpaired) electrons. The Labute approximate surface area is 112 Å². The van der Waals surface area contributed by atoms with Gasteiger partial charge in [-0.05, 0) is 32.4 Å². The molecule has 104 valence electrons. The molecule has 1 heterocycles. The summed E-state index contributed by atoms with van der Waals surface area (Å²) in [4.78, 5) is 11.3. The van der Waals surface area contributed by atoms with E-state index in [0.717, 1.165) is 6.42 Å². The summed E-state index contributed by atoms with van der Waals surface area (Å²) in [5.41, 5.74) is 0.532. The normalized spacial score (nSPS) is 26.2. The zero-order valence-electron chi connectivity index (χ0n) is 11.4. The number of carbonyl (C=O) groups is 1. The van der Waals surface area contributed by atoms with Crippen molar-refractivity contribution in [1.82, 2.24) is 0 Å². The molecule has 19 heavy (non-hydrogen) atoms. The Morgan fingerprint density at radius 3 is 2.84 bits per heavy atom. The minimum absolute atomic E-state index is 0.0281. The Morgan fingerprint density at radius 1 is 1.58 bits per heavy atom. The van der Waals surface area contributed by atoms with E-state index in [1.807, 2.05) is 13.8 Å². The van der Waals surface area contributed by atoms with Crippen LogP contribution in [0.4, 0.5) is 5.69 Å². The van der Waals surface area contributed by atoms with Crippen LogP contribution in [0.5, 0.6) is 5.75 Å². The molecule has 0 amide bonds. The second-order valence-corrected chi connectivity index (χ2v) is 5.02. The molecule has 0 saturated carbocycles. The van der Waals surface area contributed by atoms with E-state index >= 15 is 0 Å². The van der Waals surface area contributed by atoms with Crippen LogP contribution in [0, 0.1) is 0 Å². The molecule has 1 aromatic rings. The number of benzene rings is 1. The first-order valence-electron chi connectivity index (χ1n) is 6.27. The van der Waals surface area contributed by atoms with Crippen LogP contribution < -0.4 is 10.1 Å². The molecule has 2 unspecified atom stereocenters. The zero-order chi connectivity index (χ0) is 14.0. The van der Waals surface area contributed by atoms with E-state index in [-0.39, 0.29) is 17.2 Å². The van der Waals surface area contributed by atoms with E-state index in [2.05, 4.69) is 5.32 Å². The van der Waals surface area contributed by atoms with Gasteiger partial charge in [-0.1, -0.05) is 0 Å². The van der Waals surface area contributed by atoms with Gasteiger partial charge in [0.25, 0.3) is 0 Å². The lowest BCUT2D eigenvalue weighted by Crippen LogP contribution is -2.41. The van der Waals surface area contributed by atoms with Crippen molar-refractivity contribution in [1.29, 1.82) is 0 Å². The van der Waals surface area contributed by atoms with Gasteiger partial charge in [0.2, 0.25) is 0 Å². The highest BCUT2D eigenvalue weighted by Crippen LogP contribution is 2.32. The number of nitrogens with one attached hydrogen (secondary N) is 1. The minimum Gasteiger partial charge on any atom is -0.497 e. The summed E-state index contributed by atoms with van der Waals surface area (Å²) in [6, 6.07) is 4.90. The molecule has 5 nitrogen and oxygen atoms in total. The van der Waals surface area contributed by atoms with Gasteiger partial charge in [-0.2, -0.15) is 0 Å². The number of carboxylic acids is 1. The molecule has 5 heteroatoms. The Morgan fingerprint density at radius 2 is 2.32 bits per heavy atom. The van der Waals surface area contributed by atoms with Gasteiger partial charge < -0.3 is 19.9 Å². The molecule has 2 rings (SSSR count). The Balaban J connectivity index is 2.34. The maximum Gasteiger partial charge on any atom is 0.337 e. The van der Waals surface area contributed by atoms with E-state index in [9.17, 15) is 9.90 Å². The molecule has 2 atom stereocenters. The molecule has 1 saturated heterocycles. The van der Waals surface area contributed by atoms with Crippen molar-refractivity contribution in [3.63, 3.8) is 0 Å². The van der Waals surface area contributed by atoms with Gasteiger partial charge in [-0.25, -0.2) is 4.79 Å². The van der Waals surface area contributed by atoms with Crippen LogP contribution in [0.1, 0.15) is 30.6 Å². The molecule has 1 aromatic carbocycles. The van der Waals surface area contributed by atoms with Gasteiger partial charge in [-0.15, -0.1) is 0 Å². The Bertz CT molecular complexity index is 488. The topological polar surface area (TPSA) is 67.8 Å². The molecular formula is C14H19NO4. The second-order valence-electron chi connectivity index (χ2n) is 5.02. The van der Waals surface area contributed by atoms with Crippen LogP contribution in [-0.4, -0.2) is 36.4 Å². The van der Waals surface area contributed by atoms with E-state index < -0.39 is 5.97 Å². The van der Waals surface area contributed by atoms with Crippen LogP contribution in [0.3, 0.4) is 0 Å². The highest BCUT2D eigenvalue weighted by Gasteiger charge is 2.37. The van der Waals surface area contributed by atoms with Crippen molar-refractivity contribution in [2.75, 3.05) is 19.0 Å². The van der Waals surface area contributed by atoms with E-state index in [4.69, 9.17) is 9.47 Å². The van der Waals surface area contributed by atoms with Crippen molar-refractivity contribution in [2.24, 2.45) is 0 Å². The lowest BCUT2D eigenvalue weighted by atomic mass is 9.93. The quantitative estimate of drug-likeness (QED) is 0.874. The Hall–Kier alpha value is -1.75. The number of hydrogen-bond acceptors (Lipinski definition) is 4. The summed E-state index contributed by atoms with van der Waals surface area (Å²) in [6.45, 7) is 4.70. The lowest BCUT2D eigenvalue weighted by molar-refractivity contribution is 0.0697. The largest absolute Gasteiger partial charge is 0.497 e. The minimum atomic E-state index is -0.958. The van der Waals surface area contributed by atoms with Gasteiger partial charge >= 0.3 is 5.97 Å². The molecule has 0 aliphatic carbocycles. The highest BCUT2D eigenvalue weighted by molar-refractivity contribution is 5.94. The average molecular weight is 265 g/mol. The van der Waals surface area contributed by atoms with Crippen molar-refractivity contribution in [3.8, 4) is 5.75 Å². The van der Waals surface area contributed by atoms with E-state index in [1.54, 1.807) is 25.3 Å². The van der Waals surface area contributed by atoms with Gasteiger partial charge in [0, 0.05) is 12.7 Å². The van der Waals surface area contributed by atoms with Crippen molar-refractivity contribution in [2.45, 2.75) is 31.9 Å². The first kappa shape index (κ1) is 13.7. The van der Waals surface area contributed by atoms with E-state index in [0.29, 0.717) is 18.0 Å². The first-order valence-corrected chi connectivity index (χ1v) is 6.27. The molecule has 0 bridgehead atoms. The fraction of sp³-hybridized carbons (Fsp3) is 0.500. The lowest BCUT2D eigenvalue weighted by Gasteiger charge is -2.31. The van der Waals surface area contributed by atoms with Gasteiger partial charge in [0.05, 0.1) is 30.0 Å².